The van der Waals surface area contributed by atoms with Crippen molar-refractivity contribution in [3.05, 3.63) is 23.4 Å². The molecular weight excluding hydrogens is 269 g/mol. The number of hydrogen-bond donors (Lipinski definition) is 1. The smallest absolute Gasteiger partial charge is 0.354 e. The van der Waals surface area contributed by atoms with Crippen molar-refractivity contribution in [2.45, 2.75) is 25.1 Å². The van der Waals surface area contributed by atoms with Gasteiger partial charge in [-0.15, -0.1) is 0 Å². The predicted octanol–water partition coefficient (Wildman–Crippen LogP) is 2.16. The van der Waals surface area contributed by atoms with Crippen LogP contribution >= 0.6 is 0 Å². The molecule has 1 aliphatic rings. The van der Waals surface area contributed by atoms with Crippen molar-refractivity contribution in [2.75, 3.05) is 25.0 Å². The molecule has 0 saturated carbocycles. The number of rotatable bonds is 2. The number of halogens is 3. The zero-order valence-electron chi connectivity index (χ0n) is 11.0. The molecule has 0 aromatic carbocycles. The molecule has 7 heteroatoms. The third-order valence-corrected chi connectivity index (χ3v) is 3.42. The summed E-state index contributed by atoms with van der Waals surface area (Å²) in [5.41, 5.74) is -0.784. The van der Waals surface area contributed by atoms with Crippen LogP contribution in [0.25, 0.3) is 0 Å². The Balaban J connectivity index is 2.36. The van der Waals surface area contributed by atoms with Crippen LogP contribution in [-0.2, 0) is 6.18 Å². The topological polar surface area (TPSA) is 52.0 Å². The van der Waals surface area contributed by atoms with E-state index in [1.54, 1.807) is 4.90 Å². The first-order valence-corrected chi connectivity index (χ1v) is 6.36. The normalized spacial score (nSPS) is 19.8. The Bertz CT molecular complexity index is 521. The predicted molar refractivity (Wildman–Crippen MR) is 68.2 cm³/mol. The summed E-state index contributed by atoms with van der Waals surface area (Å²) in [6, 6.07) is 4.15. The lowest BCUT2D eigenvalue weighted by Gasteiger charge is -2.34. The number of nitriles is 1. The van der Waals surface area contributed by atoms with Crippen LogP contribution in [-0.4, -0.2) is 31.2 Å². The van der Waals surface area contributed by atoms with Crippen molar-refractivity contribution in [1.29, 1.82) is 5.26 Å². The first-order valence-electron chi connectivity index (χ1n) is 6.36. The van der Waals surface area contributed by atoms with Gasteiger partial charge in [0.05, 0.1) is 5.56 Å². The fourth-order valence-electron chi connectivity index (χ4n) is 2.34. The number of pyridine rings is 1. The van der Waals surface area contributed by atoms with E-state index in [9.17, 15) is 13.2 Å². The highest BCUT2D eigenvalue weighted by atomic mass is 19.4. The minimum atomic E-state index is -4.50. The van der Waals surface area contributed by atoms with Gasteiger partial charge in [-0.1, -0.05) is 0 Å². The second-order valence-electron chi connectivity index (χ2n) is 4.75. The van der Waals surface area contributed by atoms with Gasteiger partial charge in [0.15, 0.2) is 0 Å². The highest BCUT2D eigenvalue weighted by Crippen LogP contribution is 2.31. The number of nitrogens with one attached hydrogen (secondary N) is 1. The SMILES string of the molecule is CNC1CCCN(c2nc(C(F)(F)F)ccc2C#N)C1. The molecule has 2 heterocycles. The number of anilines is 1. The largest absolute Gasteiger partial charge is 0.433 e. The number of hydrogen-bond acceptors (Lipinski definition) is 4. The third kappa shape index (κ3) is 3.02. The quantitative estimate of drug-likeness (QED) is 0.904. The molecule has 1 aliphatic heterocycles. The summed E-state index contributed by atoms with van der Waals surface area (Å²) in [7, 11) is 1.82. The lowest BCUT2D eigenvalue weighted by atomic mass is 10.1. The number of aromatic nitrogens is 1. The molecule has 0 aliphatic carbocycles. The minimum Gasteiger partial charge on any atom is -0.354 e. The maximum Gasteiger partial charge on any atom is 0.433 e. The third-order valence-electron chi connectivity index (χ3n) is 3.42. The van der Waals surface area contributed by atoms with E-state index in [0.29, 0.717) is 13.1 Å². The molecule has 108 valence electrons. The number of alkyl halides is 3. The summed E-state index contributed by atoms with van der Waals surface area (Å²) in [6.45, 7) is 1.17. The van der Waals surface area contributed by atoms with Gasteiger partial charge in [-0.2, -0.15) is 18.4 Å². The minimum absolute atomic E-state index is 0.127. The van der Waals surface area contributed by atoms with E-state index in [-0.39, 0.29) is 17.4 Å². The van der Waals surface area contributed by atoms with Crippen LogP contribution in [0.2, 0.25) is 0 Å². The first kappa shape index (κ1) is 14.6. The molecule has 0 spiro atoms. The highest BCUT2D eigenvalue weighted by Gasteiger charge is 2.34. The summed E-state index contributed by atoms with van der Waals surface area (Å²) >= 11 is 0. The second kappa shape index (κ2) is 5.67. The average Bonchev–Trinajstić information content (AvgIpc) is 2.45. The Kier molecular flexibility index (Phi) is 4.14. The molecular formula is C13H15F3N4. The van der Waals surface area contributed by atoms with Gasteiger partial charge in [-0.3, -0.25) is 0 Å². The van der Waals surface area contributed by atoms with Gasteiger partial charge in [-0.25, -0.2) is 4.98 Å². The Morgan fingerprint density at radius 2 is 2.20 bits per heavy atom. The van der Waals surface area contributed by atoms with Crippen LogP contribution in [0.5, 0.6) is 0 Å². The molecule has 0 bridgehead atoms. The second-order valence-corrected chi connectivity index (χ2v) is 4.75. The standard InChI is InChI=1S/C13H15F3N4/c1-18-10-3-2-6-20(8-10)12-9(7-17)4-5-11(19-12)13(14,15)16/h4-5,10,18H,2-3,6,8H2,1H3. The Labute approximate surface area is 115 Å². The molecule has 20 heavy (non-hydrogen) atoms. The molecule has 1 unspecified atom stereocenters. The lowest BCUT2D eigenvalue weighted by molar-refractivity contribution is -0.141. The van der Waals surface area contributed by atoms with Crippen molar-refractivity contribution >= 4 is 5.82 Å². The number of nitrogens with zero attached hydrogens (tertiary/aromatic N) is 3. The van der Waals surface area contributed by atoms with Crippen LogP contribution in [0.4, 0.5) is 19.0 Å². The van der Waals surface area contributed by atoms with Crippen LogP contribution in [0.3, 0.4) is 0 Å². The van der Waals surface area contributed by atoms with Crippen molar-refractivity contribution in [1.82, 2.24) is 10.3 Å². The lowest BCUT2D eigenvalue weighted by Crippen LogP contribution is -2.45. The van der Waals surface area contributed by atoms with E-state index in [0.717, 1.165) is 18.9 Å². The average molecular weight is 284 g/mol. The molecule has 1 aromatic rings. The van der Waals surface area contributed by atoms with Crippen molar-refractivity contribution in [3.8, 4) is 6.07 Å². The van der Waals surface area contributed by atoms with Gasteiger partial charge in [-0.05, 0) is 32.0 Å². The molecule has 1 atom stereocenters. The highest BCUT2D eigenvalue weighted by molar-refractivity contribution is 5.55. The summed E-state index contributed by atoms with van der Waals surface area (Å²) in [5.74, 6) is 0.127. The van der Waals surface area contributed by atoms with E-state index in [2.05, 4.69) is 10.3 Å². The van der Waals surface area contributed by atoms with Crippen molar-refractivity contribution in [3.63, 3.8) is 0 Å². The zero-order chi connectivity index (χ0) is 14.8. The van der Waals surface area contributed by atoms with E-state index in [1.165, 1.54) is 6.07 Å². The van der Waals surface area contributed by atoms with Crippen molar-refractivity contribution in [2.24, 2.45) is 0 Å². The zero-order valence-corrected chi connectivity index (χ0v) is 11.0. The Hall–Kier alpha value is -1.81. The van der Waals surface area contributed by atoms with Crippen LogP contribution in [0.15, 0.2) is 12.1 Å². The van der Waals surface area contributed by atoms with Crippen LogP contribution < -0.4 is 10.2 Å². The number of likely N-dealkylation sites (N-methyl/N-ethyl adjacent to an activating group) is 1. The van der Waals surface area contributed by atoms with E-state index < -0.39 is 11.9 Å². The van der Waals surface area contributed by atoms with Gasteiger partial charge in [0.2, 0.25) is 0 Å². The summed E-state index contributed by atoms with van der Waals surface area (Å²) in [5, 5.41) is 12.2. The fourth-order valence-corrected chi connectivity index (χ4v) is 2.34. The monoisotopic (exact) mass is 284 g/mol. The van der Waals surface area contributed by atoms with Gasteiger partial charge >= 0.3 is 6.18 Å². The molecule has 1 N–H and O–H groups in total. The molecule has 2 rings (SSSR count). The number of piperidine rings is 1. The molecule has 0 amide bonds. The first-order chi connectivity index (χ1) is 9.45. The van der Waals surface area contributed by atoms with Gasteiger partial charge in [0, 0.05) is 19.1 Å². The van der Waals surface area contributed by atoms with Crippen LogP contribution in [0.1, 0.15) is 24.1 Å². The van der Waals surface area contributed by atoms with E-state index in [1.807, 2.05) is 13.1 Å². The molecule has 0 radical (unpaired) electrons. The maximum absolute atomic E-state index is 12.7. The van der Waals surface area contributed by atoms with Gasteiger partial charge in [0.25, 0.3) is 0 Å². The maximum atomic E-state index is 12.7. The summed E-state index contributed by atoms with van der Waals surface area (Å²) in [6.07, 6.45) is -2.68. The van der Waals surface area contributed by atoms with E-state index >= 15 is 0 Å². The Morgan fingerprint density at radius 3 is 2.80 bits per heavy atom. The van der Waals surface area contributed by atoms with E-state index in [4.69, 9.17) is 5.26 Å². The Morgan fingerprint density at radius 1 is 1.45 bits per heavy atom. The molecule has 1 aromatic heterocycles. The molecule has 1 fully saturated rings. The molecule has 1 saturated heterocycles. The van der Waals surface area contributed by atoms with Gasteiger partial charge in [0.1, 0.15) is 17.6 Å². The fraction of sp³-hybridized carbons (Fsp3) is 0.538. The van der Waals surface area contributed by atoms with Gasteiger partial charge < -0.3 is 10.2 Å². The van der Waals surface area contributed by atoms with Crippen molar-refractivity contribution < 1.29 is 13.2 Å². The summed E-state index contributed by atoms with van der Waals surface area (Å²) in [4.78, 5) is 5.41. The summed E-state index contributed by atoms with van der Waals surface area (Å²) < 4.78 is 38.2. The molecule has 4 nitrogen and oxygen atoms in total. The van der Waals surface area contributed by atoms with Crippen LogP contribution in [0, 0.1) is 11.3 Å².